The number of nitrogen functional groups attached to an aromatic ring is 1. The summed E-state index contributed by atoms with van der Waals surface area (Å²) in [6, 6.07) is 6.64. The van der Waals surface area contributed by atoms with Gasteiger partial charge in [-0.1, -0.05) is 0 Å². The molecule has 0 spiro atoms. The third-order valence-corrected chi connectivity index (χ3v) is 2.24. The van der Waals surface area contributed by atoms with E-state index in [0.717, 1.165) is 5.69 Å². The highest BCUT2D eigenvalue weighted by Gasteiger charge is 2.07. The van der Waals surface area contributed by atoms with Crippen molar-refractivity contribution in [2.24, 2.45) is 5.73 Å². The summed E-state index contributed by atoms with van der Waals surface area (Å²) in [5.41, 5.74) is 12.2. The van der Waals surface area contributed by atoms with E-state index in [9.17, 15) is 4.79 Å². The van der Waals surface area contributed by atoms with Gasteiger partial charge in [0.15, 0.2) is 0 Å². The van der Waals surface area contributed by atoms with Crippen LogP contribution in [0.15, 0.2) is 30.5 Å². The average Bonchev–Trinajstić information content (AvgIpc) is 2.38. The van der Waals surface area contributed by atoms with E-state index in [2.05, 4.69) is 20.5 Å². The first-order valence-corrected chi connectivity index (χ1v) is 5.23. The molecule has 7 heteroatoms. The molecule has 7 nitrogen and oxygen atoms in total. The number of amides is 1. The zero-order valence-electron chi connectivity index (χ0n) is 9.50. The number of anilines is 2. The Balaban J connectivity index is 2.14. The SMILES string of the molecule is NC(=O)c1ccc(N)c(NCc2cccnn2)n1. The maximum atomic E-state index is 11.0. The summed E-state index contributed by atoms with van der Waals surface area (Å²) in [6.45, 7) is 0.410. The van der Waals surface area contributed by atoms with Gasteiger partial charge in [0.2, 0.25) is 0 Å². The van der Waals surface area contributed by atoms with Crippen LogP contribution in [0.2, 0.25) is 0 Å². The number of nitrogens with two attached hydrogens (primary N) is 2. The van der Waals surface area contributed by atoms with Crippen molar-refractivity contribution in [2.75, 3.05) is 11.1 Å². The van der Waals surface area contributed by atoms with Gasteiger partial charge in [0.05, 0.1) is 17.9 Å². The molecule has 0 aliphatic rings. The minimum atomic E-state index is -0.599. The van der Waals surface area contributed by atoms with Gasteiger partial charge in [-0.25, -0.2) is 4.98 Å². The molecule has 2 aromatic rings. The fourth-order valence-electron chi connectivity index (χ4n) is 1.35. The monoisotopic (exact) mass is 244 g/mol. The van der Waals surface area contributed by atoms with E-state index in [1.807, 2.05) is 6.07 Å². The van der Waals surface area contributed by atoms with Crippen molar-refractivity contribution in [3.05, 3.63) is 41.9 Å². The highest BCUT2D eigenvalue weighted by molar-refractivity contribution is 5.91. The van der Waals surface area contributed by atoms with Gasteiger partial charge in [-0.05, 0) is 24.3 Å². The van der Waals surface area contributed by atoms with E-state index in [1.54, 1.807) is 18.3 Å². The summed E-state index contributed by atoms with van der Waals surface area (Å²) in [5, 5.41) is 10.6. The summed E-state index contributed by atoms with van der Waals surface area (Å²) in [7, 11) is 0. The fraction of sp³-hybridized carbons (Fsp3) is 0.0909. The molecule has 0 bridgehead atoms. The Morgan fingerprint density at radius 3 is 2.83 bits per heavy atom. The van der Waals surface area contributed by atoms with Crippen LogP contribution in [-0.4, -0.2) is 21.1 Å². The molecule has 0 aliphatic carbocycles. The second kappa shape index (κ2) is 5.09. The lowest BCUT2D eigenvalue weighted by Crippen LogP contribution is -2.15. The molecular weight excluding hydrogens is 232 g/mol. The predicted molar refractivity (Wildman–Crippen MR) is 66.5 cm³/mol. The number of carbonyl (C=O) groups is 1. The van der Waals surface area contributed by atoms with E-state index in [4.69, 9.17) is 11.5 Å². The summed E-state index contributed by atoms with van der Waals surface area (Å²) < 4.78 is 0. The van der Waals surface area contributed by atoms with E-state index in [-0.39, 0.29) is 5.69 Å². The van der Waals surface area contributed by atoms with Gasteiger partial charge in [-0.2, -0.15) is 10.2 Å². The Bertz CT molecular complexity index is 557. The van der Waals surface area contributed by atoms with Crippen LogP contribution < -0.4 is 16.8 Å². The molecule has 2 rings (SSSR count). The third kappa shape index (κ3) is 2.70. The molecule has 0 atom stereocenters. The number of nitrogens with zero attached hydrogens (tertiary/aromatic N) is 3. The Morgan fingerprint density at radius 2 is 2.17 bits per heavy atom. The summed E-state index contributed by atoms with van der Waals surface area (Å²) in [6.07, 6.45) is 1.59. The summed E-state index contributed by atoms with van der Waals surface area (Å²) in [5.74, 6) is -0.200. The average molecular weight is 244 g/mol. The number of nitrogens with one attached hydrogen (secondary N) is 1. The number of pyridine rings is 1. The van der Waals surface area contributed by atoms with Gasteiger partial charge in [-0.3, -0.25) is 4.79 Å². The number of aromatic nitrogens is 3. The Morgan fingerprint density at radius 1 is 1.33 bits per heavy atom. The number of primary amides is 1. The van der Waals surface area contributed by atoms with Crippen LogP contribution >= 0.6 is 0 Å². The first kappa shape index (κ1) is 11.8. The number of rotatable bonds is 4. The zero-order valence-corrected chi connectivity index (χ0v) is 9.50. The smallest absolute Gasteiger partial charge is 0.267 e. The second-order valence-electron chi connectivity index (χ2n) is 3.57. The Kier molecular flexibility index (Phi) is 3.33. The van der Waals surface area contributed by atoms with E-state index in [1.165, 1.54) is 6.07 Å². The van der Waals surface area contributed by atoms with Crippen molar-refractivity contribution < 1.29 is 4.79 Å². The van der Waals surface area contributed by atoms with Crippen LogP contribution in [0.5, 0.6) is 0 Å². The predicted octanol–water partition coefficient (Wildman–Crippen LogP) is 0.165. The molecule has 0 radical (unpaired) electrons. The first-order valence-electron chi connectivity index (χ1n) is 5.23. The quantitative estimate of drug-likeness (QED) is 0.704. The molecule has 0 saturated carbocycles. The van der Waals surface area contributed by atoms with Gasteiger partial charge < -0.3 is 16.8 Å². The largest absolute Gasteiger partial charge is 0.396 e. The lowest BCUT2D eigenvalue weighted by molar-refractivity contribution is 0.0996. The van der Waals surface area contributed by atoms with Crippen LogP contribution in [0.4, 0.5) is 11.5 Å². The van der Waals surface area contributed by atoms with Crippen LogP contribution in [0.1, 0.15) is 16.2 Å². The number of hydrogen-bond donors (Lipinski definition) is 3. The molecular formula is C11H12N6O. The molecule has 0 aromatic carbocycles. The molecule has 2 heterocycles. The van der Waals surface area contributed by atoms with E-state index >= 15 is 0 Å². The van der Waals surface area contributed by atoms with E-state index in [0.29, 0.717) is 18.1 Å². The topological polar surface area (TPSA) is 120 Å². The van der Waals surface area contributed by atoms with E-state index < -0.39 is 5.91 Å². The minimum absolute atomic E-state index is 0.158. The third-order valence-electron chi connectivity index (χ3n) is 2.24. The van der Waals surface area contributed by atoms with Crippen molar-refractivity contribution >= 4 is 17.4 Å². The summed E-state index contributed by atoms with van der Waals surface area (Å²) >= 11 is 0. The molecule has 0 unspecified atom stereocenters. The second-order valence-corrected chi connectivity index (χ2v) is 3.57. The van der Waals surface area contributed by atoms with Crippen LogP contribution in [0.25, 0.3) is 0 Å². The summed E-state index contributed by atoms with van der Waals surface area (Å²) in [4.78, 5) is 15.0. The van der Waals surface area contributed by atoms with Gasteiger partial charge in [0, 0.05) is 6.20 Å². The highest BCUT2D eigenvalue weighted by Crippen LogP contribution is 2.16. The maximum absolute atomic E-state index is 11.0. The Labute approximate surface area is 103 Å². The number of hydrogen-bond acceptors (Lipinski definition) is 6. The molecule has 0 saturated heterocycles. The van der Waals surface area contributed by atoms with Gasteiger partial charge in [0.25, 0.3) is 5.91 Å². The van der Waals surface area contributed by atoms with Crippen molar-refractivity contribution in [1.82, 2.24) is 15.2 Å². The lowest BCUT2D eigenvalue weighted by atomic mass is 10.3. The molecule has 18 heavy (non-hydrogen) atoms. The minimum Gasteiger partial charge on any atom is -0.396 e. The van der Waals surface area contributed by atoms with Crippen molar-refractivity contribution in [2.45, 2.75) is 6.54 Å². The lowest BCUT2D eigenvalue weighted by Gasteiger charge is -2.08. The normalized spacial score (nSPS) is 10.0. The zero-order chi connectivity index (χ0) is 13.0. The molecule has 92 valence electrons. The molecule has 1 amide bonds. The van der Waals surface area contributed by atoms with Gasteiger partial charge in [-0.15, -0.1) is 0 Å². The van der Waals surface area contributed by atoms with Crippen LogP contribution in [-0.2, 0) is 6.54 Å². The van der Waals surface area contributed by atoms with Crippen molar-refractivity contribution in [3.8, 4) is 0 Å². The van der Waals surface area contributed by atoms with Crippen LogP contribution in [0, 0.1) is 0 Å². The Hall–Kier alpha value is -2.70. The van der Waals surface area contributed by atoms with Gasteiger partial charge in [0.1, 0.15) is 11.5 Å². The fourth-order valence-corrected chi connectivity index (χ4v) is 1.35. The molecule has 5 N–H and O–H groups in total. The standard InChI is InChI=1S/C11H12N6O/c12-8-3-4-9(10(13)18)16-11(8)14-6-7-2-1-5-15-17-7/h1-5H,6,12H2,(H2,13,18)(H,14,16). The molecule has 0 fully saturated rings. The van der Waals surface area contributed by atoms with Gasteiger partial charge >= 0.3 is 0 Å². The molecule has 0 aliphatic heterocycles. The van der Waals surface area contributed by atoms with Crippen molar-refractivity contribution in [1.29, 1.82) is 0 Å². The molecule has 2 aromatic heterocycles. The highest BCUT2D eigenvalue weighted by atomic mass is 16.1. The van der Waals surface area contributed by atoms with Crippen LogP contribution in [0.3, 0.4) is 0 Å². The van der Waals surface area contributed by atoms with Crippen molar-refractivity contribution in [3.63, 3.8) is 0 Å². The maximum Gasteiger partial charge on any atom is 0.267 e. The number of carbonyl (C=O) groups excluding carboxylic acids is 1. The first-order chi connectivity index (χ1) is 8.66.